The predicted octanol–water partition coefficient (Wildman–Crippen LogP) is 5.87. The van der Waals surface area contributed by atoms with Gasteiger partial charge in [-0.05, 0) is 73.8 Å². The number of nitrogens with zero attached hydrogens (tertiary/aromatic N) is 4. The van der Waals surface area contributed by atoms with E-state index >= 15 is 0 Å². The van der Waals surface area contributed by atoms with E-state index in [0.29, 0.717) is 24.6 Å². The highest BCUT2D eigenvalue weighted by Crippen LogP contribution is 2.35. The number of aromatic amines is 1. The molecule has 2 aliphatic rings. The van der Waals surface area contributed by atoms with E-state index < -0.39 is 0 Å². The van der Waals surface area contributed by atoms with Gasteiger partial charge in [0.15, 0.2) is 0 Å². The smallest absolute Gasteiger partial charge is 0.255 e. The second kappa shape index (κ2) is 13.1. The van der Waals surface area contributed by atoms with E-state index in [0.717, 1.165) is 74.8 Å². The normalized spacial score (nSPS) is 17.8. The molecule has 1 N–H and O–H groups in total. The van der Waals surface area contributed by atoms with Crippen LogP contribution in [0.1, 0.15) is 67.7 Å². The number of piperidine rings is 1. The molecule has 1 aliphatic carbocycles. The number of likely N-dealkylation sites (tertiary alicyclic amines) is 1. The second-order valence-electron chi connectivity index (χ2n) is 12.4. The number of hydrogen-bond acceptors (Lipinski definition) is 4. The summed E-state index contributed by atoms with van der Waals surface area (Å²) in [5.74, 6) is 0.960. The van der Waals surface area contributed by atoms with Crippen LogP contribution in [-0.2, 0) is 24.9 Å². The molecule has 2 aromatic carbocycles. The molecule has 7 heteroatoms. The number of aromatic nitrogens is 3. The van der Waals surface area contributed by atoms with Crippen LogP contribution < -0.4 is 5.56 Å². The maximum Gasteiger partial charge on any atom is 0.255 e. The first-order valence-electron chi connectivity index (χ1n) is 15.7. The Morgan fingerprint density at radius 3 is 2.45 bits per heavy atom. The highest BCUT2D eigenvalue weighted by atomic mass is 16.2. The summed E-state index contributed by atoms with van der Waals surface area (Å²) in [5.41, 5.74) is 4.03. The molecule has 4 aromatic rings. The van der Waals surface area contributed by atoms with Crippen LogP contribution in [0.15, 0.2) is 77.7 Å². The van der Waals surface area contributed by atoms with Crippen molar-refractivity contribution in [1.29, 1.82) is 0 Å². The molecule has 2 fully saturated rings. The molecule has 0 spiro atoms. The van der Waals surface area contributed by atoms with Crippen molar-refractivity contribution in [2.45, 2.75) is 64.0 Å². The first-order valence-corrected chi connectivity index (χ1v) is 15.7. The van der Waals surface area contributed by atoms with Gasteiger partial charge in [0.1, 0.15) is 0 Å². The van der Waals surface area contributed by atoms with Gasteiger partial charge in [0.05, 0.1) is 12.1 Å². The first kappa shape index (κ1) is 28.4. The van der Waals surface area contributed by atoms with Crippen LogP contribution in [-0.4, -0.2) is 50.1 Å². The van der Waals surface area contributed by atoms with Crippen molar-refractivity contribution in [1.82, 2.24) is 24.6 Å². The molecule has 42 heavy (non-hydrogen) atoms. The SMILES string of the molecule is Cn1c(=O)c(CN(CC(c2ccccc2)C2CCN(Cc3ccn[nH]3)CC2)C(=O)C2CCCCC2)cc2ccccc21. The molecule has 1 saturated carbocycles. The van der Waals surface area contributed by atoms with E-state index in [1.807, 2.05) is 43.6 Å². The number of carbonyl (C=O) groups excluding carboxylic acids is 1. The Morgan fingerprint density at radius 1 is 0.976 bits per heavy atom. The fourth-order valence-corrected chi connectivity index (χ4v) is 7.24. The lowest BCUT2D eigenvalue weighted by molar-refractivity contribution is -0.137. The summed E-state index contributed by atoms with van der Waals surface area (Å²) in [5, 5.41) is 8.23. The minimum Gasteiger partial charge on any atom is -0.337 e. The third-order valence-electron chi connectivity index (χ3n) is 9.63. The number of para-hydroxylation sites is 1. The molecule has 1 atom stereocenters. The van der Waals surface area contributed by atoms with Crippen molar-refractivity contribution in [3.05, 3.63) is 100 Å². The van der Waals surface area contributed by atoms with Gasteiger partial charge >= 0.3 is 0 Å². The van der Waals surface area contributed by atoms with Crippen LogP contribution in [0, 0.1) is 11.8 Å². The molecule has 1 saturated heterocycles. The summed E-state index contributed by atoms with van der Waals surface area (Å²) in [4.78, 5) is 32.3. The van der Waals surface area contributed by atoms with Gasteiger partial charge in [0.2, 0.25) is 5.91 Å². The number of benzene rings is 2. The van der Waals surface area contributed by atoms with Gasteiger partial charge in [-0.1, -0.05) is 67.8 Å². The molecule has 0 radical (unpaired) electrons. The van der Waals surface area contributed by atoms with E-state index in [4.69, 9.17) is 0 Å². The zero-order chi connectivity index (χ0) is 28.9. The zero-order valence-corrected chi connectivity index (χ0v) is 24.8. The van der Waals surface area contributed by atoms with Crippen molar-refractivity contribution in [2.75, 3.05) is 19.6 Å². The fourth-order valence-electron chi connectivity index (χ4n) is 7.24. The molecule has 3 heterocycles. The van der Waals surface area contributed by atoms with Crippen molar-refractivity contribution < 1.29 is 4.79 Å². The quantitative estimate of drug-likeness (QED) is 0.276. The summed E-state index contributed by atoms with van der Waals surface area (Å²) in [6.45, 7) is 3.93. The number of rotatable bonds is 9. The van der Waals surface area contributed by atoms with E-state index in [2.05, 4.69) is 56.4 Å². The van der Waals surface area contributed by atoms with Gasteiger partial charge in [0, 0.05) is 49.4 Å². The Labute approximate surface area is 248 Å². The molecule has 2 aromatic heterocycles. The number of nitrogens with one attached hydrogen (secondary N) is 1. The maximum atomic E-state index is 14.2. The standard InChI is InChI=1S/C35H43N5O2/c1-38-33-15-9-8-14-29(33)22-30(34(38)41)23-40(35(42)28-12-6-3-7-13-28)25-32(26-10-4-2-5-11-26)27-17-20-39(21-18-27)24-31-16-19-36-37-31/h2,4-5,8-11,14-16,19,22,27-28,32H,3,6-7,12-13,17-18,20-21,23-25H2,1H3,(H,36,37). The number of aryl methyl sites for hydroxylation is 1. The highest BCUT2D eigenvalue weighted by Gasteiger charge is 2.33. The lowest BCUT2D eigenvalue weighted by Gasteiger charge is -2.39. The number of amides is 1. The Kier molecular flexibility index (Phi) is 8.84. The van der Waals surface area contributed by atoms with Crippen LogP contribution in [0.4, 0.5) is 0 Å². The molecule has 1 aliphatic heterocycles. The summed E-state index contributed by atoms with van der Waals surface area (Å²) in [6, 6.07) is 22.8. The molecule has 1 amide bonds. The van der Waals surface area contributed by atoms with E-state index in [1.165, 1.54) is 12.0 Å². The first-order chi connectivity index (χ1) is 20.6. The lowest BCUT2D eigenvalue weighted by Crippen LogP contribution is -2.43. The average molecular weight is 566 g/mol. The molecule has 220 valence electrons. The number of fused-ring (bicyclic) bond motifs is 1. The Balaban J connectivity index is 1.28. The van der Waals surface area contributed by atoms with Crippen molar-refractivity contribution in [3.63, 3.8) is 0 Å². The summed E-state index contributed by atoms with van der Waals surface area (Å²) >= 11 is 0. The van der Waals surface area contributed by atoms with Gasteiger partial charge in [-0.25, -0.2) is 0 Å². The third-order valence-corrected chi connectivity index (χ3v) is 9.63. The predicted molar refractivity (Wildman–Crippen MR) is 167 cm³/mol. The van der Waals surface area contributed by atoms with Crippen LogP contribution in [0.3, 0.4) is 0 Å². The lowest BCUT2D eigenvalue weighted by atomic mass is 9.79. The minimum absolute atomic E-state index is 0.0153. The van der Waals surface area contributed by atoms with Gasteiger partial charge in [-0.15, -0.1) is 0 Å². The minimum atomic E-state index is -0.0153. The number of pyridine rings is 1. The molecule has 6 rings (SSSR count). The van der Waals surface area contributed by atoms with Crippen LogP contribution >= 0.6 is 0 Å². The van der Waals surface area contributed by atoms with E-state index in [9.17, 15) is 9.59 Å². The van der Waals surface area contributed by atoms with Crippen LogP contribution in [0.5, 0.6) is 0 Å². The van der Waals surface area contributed by atoms with Gasteiger partial charge in [-0.2, -0.15) is 5.10 Å². The average Bonchev–Trinajstić information content (AvgIpc) is 3.56. The van der Waals surface area contributed by atoms with Crippen molar-refractivity contribution in [2.24, 2.45) is 18.9 Å². The Bertz CT molecular complexity index is 1520. The monoisotopic (exact) mass is 565 g/mol. The fraction of sp³-hybridized carbons (Fsp3) is 0.457. The van der Waals surface area contributed by atoms with Crippen molar-refractivity contribution >= 4 is 16.8 Å². The van der Waals surface area contributed by atoms with E-state index in [-0.39, 0.29) is 23.3 Å². The second-order valence-corrected chi connectivity index (χ2v) is 12.4. The van der Waals surface area contributed by atoms with Crippen LogP contribution in [0.2, 0.25) is 0 Å². The number of carbonyl (C=O) groups is 1. The summed E-state index contributed by atoms with van der Waals surface area (Å²) in [7, 11) is 1.84. The van der Waals surface area contributed by atoms with Crippen LogP contribution in [0.25, 0.3) is 10.9 Å². The Morgan fingerprint density at radius 2 is 1.71 bits per heavy atom. The topological polar surface area (TPSA) is 74.2 Å². The third kappa shape index (κ3) is 6.36. The van der Waals surface area contributed by atoms with Crippen molar-refractivity contribution in [3.8, 4) is 0 Å². The molecular formula is C35H43N5O2. The van der Waals surface area contributed by atoms with Gasteiger partial charge in [-0.3, -0.25) is 19.6 Å². The molecule has 7 nitrogen and oxygen atoms in total. The molecule has 0 bridgehead atoms. The highest BCUT2D eigenvalue weighted by molar-refractivity contribution is 5.81. The summed E-state index contributed by atoms with van der Waals surface area (Å²) in [6.07, 6.45) is 9.30. The van der Waals surface area contributed by atoms with E-state index in [1.54, 1.807) is 4.57 Å². The molecular weight excluding hydrogens is 522 g/mol. The van der Waals surface area contributed by atoms with Gasteiger partial charge < -0.3 is 9.47 Å². The molecule has 1 unspecified atom stereocenters. The number of hydrogen-bond donors (Lipinski definition) is 1. The summed E-state index contributed by atoms with van der Waals surface area (Å²) < 4.78 is 1.73. The Hall–Kier alpha value is -3.71. The largest absolute Gasteiger partial charge is 0.337 e. The number of H-pyrrole nitrogens is 1. The zero-order valence-electron chi connectivity index (χ0n) is 24.8. The maximum absolute atomic E-state index is 14.2. The van der Waals surface area contributed by atoms with Gasteiger partial charge in [0.25, 0.3) is 5.56 Å².